The zero-order valence-corrected chi connectivity index (χ0v) is 11.1. The van der Waals surface area contributed by atoms with Crippen LogP contribution in [0.4, 0.5) is 11.4 Å². The summed E-state index contributed by atoms with van der Waals surface area (Å²) in [6.45, 7) is 5.32. The summed E-state index contributed by atoms with van der Waals surface area (Å²) in [5, 5.41) is 2.10. The van der Waals surface area contributed by atoms with Crippen LogP contribution in [0.1, 0.15) is 20.8 Å². The van der Waals surface area contributed by atoms with Crippen molar-refractivity contribution >= 4 is 28.1 Å². The van der Waals surface area contributed by atoms with Gasteiger partial charge in [0.15, 0.2) is 0 Å². The Morgan fingerprint density at radius 3 is 2.41 bits per heavy atom. The van der Waals surface area contributed by atoms with Crippen molar-refractivity contribution in [3.05, 3.63) is 24.3 Å². The van der Waals surface area contributed by atoms with Gasteiger partial charge in [0.2, 0.25) is 5.91 Å². The first-order valence-corrected chi connectivity index (χ1v) is 6.76. The summed E-state index contributed by atoms with van der Waals surface area (Å²) in [6, 6.07) is 7.01. The highest BCUT2D eigenvalue weighted by Gasteiger charge is 2.22. The summed E-state index contributed by atoms with van der Waals surface area (Å²) < 4.78 is 11.8. The predicted octanol–water partition coefficient (Wildman–Crippen LogP) is 1.75. The van der Waals surface area contributed by atoms with E-state index in [1.165, 1.54) is 0 Å². The van der Waals surface area contributed by atoms with Gasteiger partial charge in [0, 0.05) is 16.0 Å². The molecule has 0 saturated carbocycles. The quantitative estimate of drug-likeness (QED) is 0.804. The van der Waals surface area contributed by atoms with E-state index >= 15 is 0 Å². The molecule has 0 bridgehead atoms. The Bertz CT molecular complexity index is 432. The zero-order valence-electron chi connectivity index (χ0n) is 10.3. The summed E-state index contributed by atoms with van der Waals surface area (Å²) in [6.07, 6.45) is 0. The number of amides is 1. The van der Waals surface area contributed by atoms with Gasteiger partial charge in [0.05, 0.1) is 11.4 Å². The van der Waals surface area contributed by atoms with Crippen LogP contribution in [0.15, 0.2) is 24.3 Å². The van der Waals surface area contributed by atoms with Crippen molar-refractivity contribution in [2.45, 2.75) is 31.3 Å². The summed E-state index contributed by atoms with van der Waals surface area (Å²) in [5.74, 6) is -0.269. The van der Waals surface area contributed by atoms with E-state index in [1.54, 1.807) is 31.2 Å². The minimum Gasteiger partial charge on any atom is -0.397 e. The Morgan fingerprint density at radius 1 is 1.29 bits per heavy atom. The van der Waals surface area contributed by atoms with Gasteiger partial charge in [-0.25, -0.2) is 0 Å². The van der Waals surface area contributed by atoms with Crippen LogP contribution in [0.25, 0.3) is 0 Å². The molecule has 1 amide bonds. The molecule has 1 rings (SSSR count). The van der Waals surface area contributed by atoms with Crippen LogP contribution in [0.5, 0.6) is 0 Å². The molecule has 0 spiro atoms. The molecule has 0 aliphatic carbocycles. The molecule has 0 aliphatic rings. The fourth-order valence-electron chi connectivity index (χ4n) is 1.36. The van der Waals surface area contributed by atoms with E-state index in [0.29, 0.717) is 11.4 Å². The Labute approximate surface area is 104 Å². The lowest BCUT2D eigenvalue weighted by Crippen LogP contribution is -2.32. The second-order valence-corrected chi connectivity index (χ2v) is 6.40. The normalized spacial score (nSPS) is 14.4. The van der Waals surface area contributed by atoms with Crippen LogP contribution in [0.2, 0.25) is 0 Å². The van der Waals surface area contributed by atoms with Gasteiger partial charge in [-0.15, -0.1) is 0 Å². The van der Waals surface area contributed by atoms with Gasteiger partial charge in [0.1, 0.15) is 5.25 Å². The maximum atomic E-state index is 11.9. The second kappa shape index (κ2) is 5.82. The van der Waals surface area contributed by atoms with Crippen molar-refractivity contribution in [2.24, 2.45) is 0 Å². The molecule has 0 aliphatic heterocycles. The fraction of sp³-hybridized carbons (Fsp3) is 0.417. The number of carbonyl (C=O) groups is 1. The number of benzene rings is 1. The molecule has 5 heteroatoms. The van der Waals surface area contributed by atoms with Crippen molar-refractivity contribution in [1.82, 2.24) is 0 Å². The summed E-state index contributed by atoms with van der Waals surface area (Å²) in [4.78, 5) is 11.9. The monoisotopic (exact) mass is 254 g/mol. The topological polar surface area (TPSA) is 72.2 Å². The molecule has 0 radical (unpaired) electrons. The molecular weight excluding hydrogens is 236 g/mol. The molecule has 2 unspecified atom stereocenters. The molecular formula is C12H18N2O2S. The SMILES string of the molecule is CC(C)S(=O)C(C)C(=O)Nc1ccccc1N. The van der Waals surface area contributed by atoms with Crippen LogP contribution in [0.3, 0.4) is 0 Å². The van der Waals surface area contributed by atoms with Crippen LogP contribution >= 0.6 is 0 Å². The van der Waals surface area contributed by atoms with Gasteiger partial charge in [-0.3, -0.25) is 9.00 Å². The molecule has 1 aromatic carbocycles. The summed E-state index contributed by atoms with van der Waals surface area (Å²) >= 11 is 0. The third-order valence-electron chi connectivity index (χ3n) is 2.40. The van der Waals surface area contributed by atoms with E-state index in [0.717, 1.165) is 0 Å². The lowest BCUT2D eigenvalue weighted by atomic mass is 10.2. The van der Waals surface area contributed by atoms with Crippen LogP contribution < -0.4 is 11.1 Å². The molecule has 0 aromatic heterocycles. The van der Waals surface area contributed by atoms with Gasteiger partial charge in [0.25, 0.3) is 0 Å². The van der Waals surface area contributed by atoms with E-state index < -0.39 is 16.0 Å². The number of nitrogens with two attached hydrogens (primary N) is 1. The smallest absolute Gasteiger partial charge is 0.239 e. The maximum absolute atomic E-state index is 11.9. The molecule has 0 fully saturated rings. The van der Waals surface area contributed by atoms with Crippen molar-refractivity contribution in [3.63, 3.8) is 0 Å². The van der Waals surface area contributed by atoms with E-state index in [-0.39, 0.29) is 11.2 Å². The first-order chi connectivity index (χ1) is 7.93. The average Bonchev–Trinajstić information content (AvgIpc) is 2.30. The minimum absolute atomic E-state index is 0.0381. The molecule has 94 valence electrons. The van der Waals surface area contributed by atoms with Gasteiger partial charge in [-0.2, -0.15) is 0 Å². The van der Waals surface area contributed by atoms with Gasteiger partial charge in [-0.05, 0) is 19.1 Å². The van der Waals surface area contributed by atoms with E-state index in [4.69, 9.17) is 5.73 Å². The summed E-state index contributed by atoms with van der Waals surface area (Å²) in [7, 11) is -1.18. The maximum Gasteiger partial charge on any atom is 0.239 e. The molecule has 1 aromatic rings. The number of nitrogen functional groups attached to an aromatic ring is 1. The zero-order chi connectivity index (χ0) is 13.0. The first-order valence-electron chi connectivity index (χ1n) is 5.48. The van der Waals surface area contributed by atoms with Crippen LogP contribution in [-0.4, -0.2) is 20.6 Å². The minimum atomic E-state index is -1.18. The van der Waals surface area contributed by atoms with Crippen molar-refractivity contribution < 1.29 is 9.00 Å². The first kappa shape index (κ1) is 13.7. The number of rotatable bonds is 4. The largest absolute Gasteiger partial charge is 0.397 e. The Kier molecular flexibility index (Phi) is 4.69. The molecule has 4 nitrogen and oxygen atoms in total. The molecule has 2 atom stereocenters. The van der Waals surface area contributed by atoms with Crippen molar-refractivity contribution in [1.29, 1.82) is 0 Å². The van der Waals surface area contributed by atoms with Gasteiger partial charge < -0.3 is 11.1 Å². The molecule has 0 saturated heterocycles. The van der Waals surface area contributed by atoms with Gasteiger partial charge in [-0.1, -0.05) is 26.0 Å². The van der Waals surface area contributed by atoms with E-state index in [2.05, 4.69) is 5.32 Å². The number of para-hydroxylation sites is 2. The van der Waals surface area contributed by atoms with E-state index in [1.807, 2.05) is 13.8 Å². The van der Waals surface area contributed by atoms with Crippen LogP contribution in [0, 0.1) is 0 Å². The highest BCUT2D eigenvalue weighted by Crippen LogP contribution is 2.17. The Hall–Kier alpha value is -1.36. The number of anilines is 2. The number of carbonyl (C=O) groups excluding carboxylic acids is 1. The highest BCUT2D eigenvalue weighted by atomic mass is 32.2. The molecule has 3 N–H and O–H groups in total. The summed E-state index contributed by atoms with van der Waals surface area (Å²) in [5.41, 5.74) is 6.78. The second-order valence-electron chi connectivity index (χ2n) is 4.10. The third-order valence-corrected chi connectivity index (χ3v) is 4.24. The number of hydrogen-bond donors (Lipinski definition) is 2. The highest BCUT2D eigenvalue weighted by molar-refractivity contribution is 7.87. The molecule has 0 heterocycles. The standard InChI is InChI=1S/C12H18N2O2S/c1-8(2)17(16)9(3)12(15)14-11-7-5-4-6-10(11)13/h4-9H,13H2,1-3H3,(H,14,15). The van der Waals surface area contributed by atoms with Crippen LogP contribution in [-0.2, 0) is 15.6 Å². The number of nitrogens with one attached hydrogen (secondary N) is 1. The lowest BCUT2D eigenvalue weighted by Gasteiger charge is -2.15. The Morgan fingerprint density at radius 2 is 1.88 bits per heavy atom. The molecule has 17 heavy (non-hydrogen) atoms. The predicted molar refractivity (Wildman–Crippen MR) is 72.2 cm³/mol. The Balaban J connectivity index is 2.73. The lowest BCUT2D eigenvalue weighted by molar-refractivity contribution is -0.115. The van der Waals surface area contributed by atoms with E-state index in [9.17, 15) is 9.00 Å². The van der Waals surface area contributed by atoms with Gasteiger partial charge >= 0.3 is 0 Å². The fourth-order valence-corrected chi connectivity index (χ4v) is 2.45. The van der Waals surface area contributed by atoms with Crippen molar-refractivity contribution in [2.75, 3.05) is 11.1 Å². The van der Waals surface area contributed by atoms with Crippen molar-refractivity contribution in [3.8, 4) is 0 Å². The average molecular weight is 254 g/mol. The third kappa shape index (κ3) is 3.56. The number of hydrogen-bond acceptors (Lipinski definition) is 3.